The van der Waals surface area contributed by atoms with Crippen LogP contribution in [-0.2, 0) is 11.2 Å². The van der Waals surface area contributed by atoms with E-state index in [1.807, 2.05) is 6.07 Å². The van der Waals surface area contributed by atoms with Crippen molar-refractivity contribution in [1.82, 2.24) is 15.6 Å². The molecule has 1 heterocycles. The van der Waals surface area contributed by atoms with E-state index in [0.717, 1.165) is 25.5 Å². The zero-order valence-electron chi connectivity index (χ0n) is 13.6. The van der Waals surface area contributed by atoms with Crippen LogP contribution in [0, 0.1) is 0 Å². The number of fused-ring (bicyclic) bond motifs is 1. The van der Waals surface area contributed by atoms with Crippen molar-refractivity contribution in [3.63, 3.8) is 0 Å². The molecule has 1 unspecified atom stereocenters. The maximum atomic E-state index is 5.14. The Hall–Kier alpha value is -2.01. The van der Waals surface area contributed by atoms with E-state index in [1.165, 1.54) is 16.5 Å². The Morgan fingerprint density at radius 1 is 1.36 bits per heavy atom. The Labute approximate surface area is 132 Å². The van der Waals surface area contributed by atoms with E-state index in [4.69, 9.17) is 4.74 Å². The number of guanidine groups is 1. The van der Waals surface area contributed by atoms with E-state index >= 15 is 0 Å². The monoisotopic (exact) mass is 302 g/mol. The number of nitrogens with zero attached hydrogens (tertiary/aromatic N) is 1. The lowest BCUT2D eigenvalue weighted by Crippen LogP contribution is -2.44. The summed E-state index contributed by atoms with van der Waals surface area (Å²) < 4.78 is 5.14. The zero-order chi connectivity index (χ0) is 15.8. The van der Waals surface area contributed by atoms with Crippen molar-refractivity contribution < 1.29 is 4.74 Å². The van der Waals surface area contributed by atoms with Gasteiger partial charge in [-0.05, 0) is 31.9 Å². The highest BCUT2D eigenvalue weighted by Crippen LogP contribution is 2.17. The summed E-state index contributed by atoms with van der Waals surface area (Å²) in [5.41, 5.74) is 2.49. The molecule has 2 rings (SSSR count). The molecular formula is C17H26N4O. The smallest absolute Gasteiger partial charge is 0.191 e. The second-order valence-electron chi connectivity index (χ2n) is 5.37. The number of aromatic amines is 1. The Bertz CT molecular complexity index is 605. The lowest BCUT2D eigenvalue weighted by molar-refractivity contribution is 0.179. The largest absolute Gasteiger partial charge is 0.383 e. The van der Waals surface area contributed by atoms with Gasteiger partial charge in [-0.15, -0.1) is 0 Å². The summed E-state index contributed by atoms with van der Waals surface area (Å²) in [6.45, 7) is 6.40. The molecule has 0 aliphatic carbocycles. The van der Waals surface area contributed by atoms with Crippen molar-refractivity contribution in [2.45, 2.75) is 26.3 Å². The van der Waals surface area contributed by atoms with E-state index in [0.29, 0.717) is 6.61 Å². The third kappa shape index (κ3) is 4.49. The fraction of sp³-hybridized carbons (Fsp3) is 0.471. The Balaban J connectivity index is 1.95. The number of hydrogen-bond donors (Lipinski definition) is 3. The van der Waals surface area contributed by atoms with Gasteiger partial charge in [0.2, 0.25) is 0 Å². The number of aromatic nitrogens is 1. The maximum Gasteiger partial charge on any atom is 0.191 e. The van der Waals surface area contributed by atoms with Gasteiger partial charge in [-0.1, -0.05) is 18.2 Å². The standard InChI is InChI=1S/C17H26N4O/c1-4-18-17(21-13(2)12-22-3)19-10-9-14-11-20-16-8-6-5-7-15(14)16/h5-8,11,13,20H,4,9-10,12H2,1-3H3,(H2,18,19,21). The van der Waals surface area contributed by atoms with Crippen molar-refractivity contribution in [1.29, 1.82) is 0 Å². The highest BCUT2D eigenvalue weighted by Gasteiger charge is 2.05. The molecule has 0 aliphatic heterocycles. The number of rotatable bonds is 7. The van der Waals surface area contributed by atoms with Gasteiger partial charge >= 0.3 is 0 Å². The molecule has 3 N–H and O–H groups in total. The predicted octanol–water partition coefficient (Wildman–Crippen LogP) is 2.30. The SMILES string of the molecule is CCNC(=NCCc1c[nH]c2ccccc12)NC(C)COC. The van der Waals surface area contributed by atoms with Gasteiger partial charge in [-0.25, -0.2) is 0 Å². The van der Waals surface area contributed by atoms with Crippen LogP contribution < -0.4 is 10.6 Å². The van der Waals surface area contributed by atoms with Crippen molar-refractivity contribution in [2.75, 3.05) is 26.8 Å². The van der Waals surface area contributed by atoms with Crippen LogP contribution in [0.15, 0.2) is 35.5 Å². The second kappa shape index (κ2) is 8.44. The number of H-pyrrole nitrogens is 1. The van der Waals surface area contributed by atoms with E-state index in [2.05, 4.69) is 58.9 Å². The van der Waals surface area contributed by atoms with Crippen LogP contribution in [0.3, 0.4) is 0 Å². The maximum absolute atomic E-state index is 5.14. The van der Waals surface area contributed by atoms with Gasteiger partial charge in [0.25, 0.3) is 0 Å². The number of benzene rings is 1. The minimum atomic E-state index is 0.232. The molecule has 0 fully saturated rings. The van der Waals surface area contributed by atoms with Gasteiger partial charge < -0.3 is 20.4 Å². The lowest BCUT2D eigenvalue weighted by atomic mass is 10.1. The summed E-state index contributed by atoms with van der Waals surface area (Å²) in [6, 6.07) is 8.59. The third-order valence-electron chi connectivity index (χ3n) is 3.47. The van der Waals surface area contributed by atoms with Crippen molar-refractivity contribution in [3.8, 4) is 0 Å². The van der Waals surface area contributed by atoms with Gasteiger partial charge in [0.1, 0.15) is 0 Å². The first kappa shape index (κ1) is 16.4. The van der Waals surface area contributed by atoms with Crippen molar-refractivity contribution in [3.05, 3.63) is 36.0 Å². The number of nitrogens with one attached hydrogen (secondary N) is 3. The fourth-order valence-electron chi connectivity index (χ4n) is 2.47. The van der Waals surface area contributed by atoms with Crippen LogP contribution in [0.1, 0.15) is 19.4 Å². The molecule has 2 aromatic rings. The molecule has 0 saturated heterocycles. The van der Waals surface area contributed by atoms with E-state index < -0.39 is 0 Å². The molecule has 0 bridgehead atoms. The van der Waals surface area contributed by atoms with Gasteiger partial charge in [0, 0.05) is 43.3 Å². The Morgan fingerprint density at radius 3 is 2.95 bits per heavy atom. The molecule has 22 heavy (non-hydrogen) atoms. The van der Waals surface area contributed by atoms with Crippen LogP contribution in [0.25, 0.3) is 10.9 Å². The van der Waals surface area contributed by atoms with Gasteiger partial charge in [-0.2, -0.15) is 0 Å². The topological polar surface area (TPSA) is 61.4 Å². The first-order valence-electron chi connectivity index (χ1n) is 7.83. The number of aliphatic imine (C=N–C) groups is 1. The summed E-state index contributed by atoms with van der Waals surface area (Å²) in [5.74, 6) is 0.840. The van der Waals surface area contributed by atoms with Crippen LogP contribution in [0.4, 0.5) is 0 Å². The highest BCUT2D eigenvalue weighted by atomic mass is 16.5. The van der Waals surface area contributed by atoms with E-state index in [9.17, 15) is 0 Å². The average Bonchev–Trinajstić information content (AvgIpc) is 2.91. The predicted molar refractivity (Wildman–Crippen MR) is 92.5 cm³/mol. The number of para-hydroxylation sites is 1. The molecule has 1 aromatic heterocycles. The summed E-state index contributed by atoms with van der Waals surface area (Å²) in [4.78, 5) is 7.95. The molecule has 1 atom stereocenters. The van der Waals surface area contributed by atoms with Crippen molar-refractivity contribution in [2.24, 2.45) is 4.99 Å². The van der Waals surface area contributed by atoms with Gasteiger partial charge in [-0.3, -0.25) is 4.99 Å². The first-order valence-corrected chi connectivity index (χ1v) is 7.83. The summed E-state index contributed by atoms with van der Waals surface area (Å²) in [5, 5.41) is 7.89. The molecule has 5 heteroatoms. The quantitative estimate of drug-likeness (QED) is 0.543. The summed E-state index contributed by atoms with van der Waals surface area (Å²) in [7, 11) is 1.71. The summed E-state index contributed by atoms with van der Waals surface area (Å²) in [6.07, 6.45) is 2.99. The molecular weight excluding hydrogens is 276 g/mol. The van der Waals surface area contributed by atoms with Crippen LogP contribution in [-0.4, -0.2) is 43.8 Å². The normalized spacial score (nSPS) is 13.3. The minimum Gasteiger partial charge on any atom is -0.383 e. The molecule has 0 amide bonds. The Morgan fingerprint density at radius 2 is 2.18 bits per heavy atom. The van der Waals surface area contributed by atoms with E-state index in [1.54, 1.807) is 7.11 Å². The van der Waals surface area contributed by atoms with Crippen LogP contribution >= 0.6 is 0 Å². The molecule has 5 nitrogen and oxygen atoms in total. The Kier molecular flexibility index (Phi) is 6.27. The van der Waals surface area contributed by atoms with Crippen LogP contribution in [0.2, 0.25) is 0 Å². The number of hydrogen-bond acceptors (Lipinski definition) is 2. The number of ether oxygens (including phenoxy) is 1. The molecule has 0 saturated carbocycles. The number of methoxy groups -OCH3 is 1. The second-order valence-corrected chi connectivity index (χ2v) is 5.37. The first-order chi connectivity index (χ1) is 10.7. The third-order valence-corrected chi connectivity index (χ3v) is 3.47. The molecule has 0 radical (unpaired) electrons. The minimum absolute atomic E-state index is 0.232. The lowest BCUT2D eigenvalue weighted by Gasteiger charge is -2.16. The molecule has 120 valence electrons. The summed E-state index contributed by atoms with van der Waals surface area (Å²) >= 11 is 0. The van der Waals surface area contributed by atoms with Gasteiger partial charge in [0.05, 0.1) is 6.61 Å². The van der Waals surface area contributed by atoms with Crippen molar-refractivity contribution >= 4 is 16.9 Å². The zero-order valence-corrected chi connectivity index (χ0v) is 13.6. The van der Waals surface area contributed by atoms with Gasteiger partial charge in [0.15, 0.2) is 5.96 Å². The fourth-order valence-corrected chi connectivity index (χ4v) is 2.47. The highest BCUT2D eigenvalue weighted by molar-refractivity contribution is 5.83. The molecule has 0 spiro atoms. The molecule has 1 aromatic carbocycles. The average molecular weight is 302 g/mol. The molecule has 0 aliphatic rings. The van der Waals surface area contributed by atoms with E-state index in [-0.39, 0.29) is 6.04 Å². The van der Waals surface area contributed by atoms with Crippen LogP contribution in [0.5, 0.6) is 0 Å².